The van der Waals surface area contributed by atoms with Crippen molar-refractivity contribution in [2.75, 3.05) is 6.61 Å². The highest BCUT2D eigenvalue weighted by Gasteiger charge is 2.09. The lowest BCUT2D eigenvalue weighted by atomic mass is 10.1. The Morgan fingerprint density at radius 1 is 1.35 bits per heavy atom. The van der Waals surface area contributed by atoms with Crippen LogP contribution in [-0.4, -0.2) is 27.1 Å². The first-order valence-corrected chi connectivity index (χ1v) is 8.64. The first-order valence-electron chi connectivity index (χ1n) is 8.64. The summed E-state index contributed by atoms with van der Waals surface area (Å²) in [5.41, 5.74) is 2.86. The van der Waals surface area contributed by atoms with Gasteiger partial charge in [0.2, 0.25) is 6.20 Å². The fraction of sp³-hybridized carbons (Fsp3) is 0.368. The SMILES string of the molecule is CCOC(=O)CCCCc1ccc(C=C[N+](=O)[O-])n1Cc1cccnc1. The molecule has 0 saturated carbocycles. The molecule has 0 radical (unpaired) electrons. The summed E-state index contributed by atoms with van der Waals surface area (Å²) >= 11 is 0. The van der Waals surface area contributed by atoms with Crippen molar-refractivity contribution in [3.63, 3.8) is 0 Å². The monoisotopic (exact) mass is 357 g/mol. The van der Waals surface area contributed by atoms with Gasteiger partial charge in [0.1, 0.15) is 0 Å². The van der Waals surface area contributed by atoms with Crippen LogP contribution >= 0.6 is 0 Å². The average molecular weight is 357 g/mol. The van der Waals surface area contributed by atoms with Crippen LogP contribution in [0.5, 0.6) is 0 Å². The maximum atomic E-state index is 11.4. The maximum absolute atomic E-state index is 11.4. The minimum Gasteiger partial charge on any atom is -0.466 e. The van der Waals surface area contributed by atoms with Gasteiger partial charge in [-0.05, 0) is 49.9 Å². The molecule has 0 N–H and O–H groups in total. The molecule has 0 unspecified atom stereocenters. The first kappa shape index (κ1) is 19.4. The largest absolute Gasteiger partial charge is 0.466 e. The third kappa shape index (κ3) is 6.16. The molecule has 0 fully saturated rings. The number of rotatable bonds is 10. The summed E-state index contributed by atoms with van der Waals surface area (Å²) in [6, 6.07) is 7.68. The number of aryl methyl sites for hydroxylation is 1. The van der Waals surface area contributed by atoms with Crippen molar-refractivity contribution in [2.45, 2.75) is 39.2 Å². The summed E-state index contributed by atoms with van der Waals surface area (Å²) in [4.78, 5) is 25.7. The van der Waals surface area contributed by atoms with Gasteiger partial charge in [-0.1, -0.05) is 6.07 Å². The van der Waals surface area contributed by atoms with Gasteiger partial charge in [-0.15, -0.1) is 0 Å². The van der Waals surface area contributed by atoms with Gasteiger partial charge in [-0.2, -0.15) is 0 Å². The first-order chi connectivity index (χ1) is 12.6. The third-order valence-corrected chi connectivity index (χ3v) is 3.90. The van der Waals surface area contributed by atoms with Crippen LogP contribution in [-0.2, 0) is 22.5 Å². The number of aromatic nitrogens is 2. The van der Waals surface area contributed by atoms with Gasteiger partial charge in [0.15, 0.2) is 0 Å². The summed E-state index contributed by atoms with van der Waals surface area (Å²) < 4.78 is 6.97. The highest BCUT2D eigenvalue weighted by molar-refractivity contribution is 5.69. The van der Waals surface area contributed by atoms with Crippen molar-refractivity contribution in [3.8, 4) is 0 Å². The van der Waals surface area contributed by atoms with Crippen molar-refractivity contribution in [1.29, 1.82) is 0 Å². The number of esters is 1. The second kappa shape index (κ2) is 10.1. The summed E-state index contributed by atoms with van der Waals surface area (Å²) in [7, 11) is 0. The lowest BCUT2D eigenvalue weighted by Crippen LogP contribution is -2.08. The van der Waals surface area contributed by atoms with Gasteiger partial charge in [0.05, 0.1) is 11.5 Å². The van der Waals surface area contributed by atoms with E-state index in [2.05, 4.69) is 4.98 Å². The Balaban J connectivity index is 2.07. The fourth-order valence-corrected chi connectivity index (χ4v) is 2.70. The van der Waals surface area contributed by atoms with E-state index in [0.29, 0.717) is 19.6 Å². The quantitative estimate of drug-likeness (QED) is 0.281. The van der Waals surface area contributed by atoms with E-state index in [4.69, 9.17) is 4.74 Å². The molecule has 26 heavy (non-hydrogen) atoms. The molecule has 7 nitrogen and oxygen atoms in total. The summed E-state index contributed by atoms with van der Waals surface area (Å²) in [5, 5.41) is 10.6. The highest BCUT2D eigenvalue weighted by atomic mass is 16.6. The molecular weight excluding hydrogens is 334 g/mol. The Morgan fingerprint density at radius 3 is 2.88 bits per heavy atom. The third-order valence-electron chi connectivity index (χ3n) is 3.90. The van der Waals surface area contributed by atoms with Crippen molar-refractivity contribution in [1.82, 2.24) is 9.55 Å². The molecule has 0 aliphatic rings. The Bertz CT molecular complexity index is 753. The molecule has 0 bridgehead atoms. The molecule has 2 aromatic rings. The zero-order valence-electron chi connectivity index (χ0n) is 14.8. The van der Waals surface area contributed by atoms with Crippen LogP contribution in [0.2, 0.25) is 0 Å². The maximum Gasteiger partial charge on any atom is 0.305 e. The molecule has 0 atom stereocenters. The number of hydrogen-bond donors (Lipinski definition) is 0. The second-order valence-electron chi connectivity index (χ2n) is 5.81. The summed E-state index contributed by atoms with van der Waals surface area (Å²) in [5.74, 6) is -0.173. The van der Waals surface area contributed by atoms with Crippen LogP contribution < -0.4 is 0 Å². The van der Waals surface area contributed by atoms with Crippen LogP contribution in [0.4, 0.5) is 0 Å². The Labute approximate surface area is 152 Å². The number of nitro groups is 1. The molecule has 2 aromatic heterocycles. The number of nitrogens with zero attached hydrogens (tertiary/aromatic N) is 3. The Hall–Kier alpha value is -2.96. The molecule has 2 heterocycles. The van der Waals surface area contributed by atoms with Crippen molar-refractivity contribution in [3.05, 3.63) is 69.9 Å². The molecule has 0 saturated heterocycles. The van der Waals surface area contributed by atoms with Crippen LogP contribution in [0.3, 0.4) is 0 Å². The normalized spacial score (nSPS) is 11.0. The lowest BCUT2D eigenvalue weighted by molar-refractivity contribution is -0.401. The van der Waals surface area contributed by atoms with Crippen LogP contribution in [0, 0.1) is 10.1 Å². The smallest absolute Gasteiger partial charge is 0.305 e. The molecule has 0 aliphatic carbocycles. The van der Waals surface area contributed by atoms with Crippen LogP contribution in [0.1, 0.15) is 43.1 Å². The van der Waals surface area contributed by atoms with Crippen LogP contribution in [0.25, 0.3) is 6.08 Å². The zero-order valence-corrected chi connectivity index (χ0v) is 14.8. The highest BCUT2D eigenvalue weighted by Crippen LogP contribution is 2.17. The summed E-state index contributed by atoms with van der Waals surface area (Å²) in [6.07, 6.45) is 8.72. The van der Waals surface area contributed by atoms with Crippen LogP contribution in [0.15, 0.2) is 42.9 Å². The molecule has 7 heteroatoms. The van der Waals surface area contributed by atoms with Gasteiger partial charge in [0, 0.05) is 42.8 Å². The topological polar surface area (TPSA) is 87.3 Å². The molecule has 0 aliphatic heterocycles. The number of carbonyl (C=O) groups is 1. The molecule has 0 aromatic carbocycles. The van der Waals surface area contributed by atoms with Crippen molar-refractivity contribution < 1.29 is 14.5 Å². The van der Waals surface area contributed by atoms with E-state index >= 15 is 0 Å². The molecular formula is C19H23N3O4. The fourth-order valence-electron chi connectivity index (χ4n) is 2.70. The average Bonchev–Trinajstić information content (AvgIpc) is 3.00. The predicted molar refractivity (Wildman–Crippen MR) is 98.0 cm³/mol. The number of hydrogen-bond acceptors (Lipinski definition) is 5. The number of carbonyl (C=O) groups excluding carboxylic acids is 1. The van der Waals surface area contributed by atoms with Crippen molar-refractivity contribution >= 4 is 12.0 Å². The van der Waals surface area contributed by atoms with Gasteiger partial charge >= 0.3 is 5.97 Å². The Morgan fingerprint density at radius 2 is 2.19 bits per heavy atom. The van der Waals surface area contributed by atoms with Gasteiger partial charge in [-0.25, -0.2) is 0 Å². The minimum absolute atomic E-state index is 0.173. The van der Waals surface area contributed by atoms with E-state index in [-0.39, 0.29) is 5.97 Å². The molecule has 2 rings (SSSR count). The summed E-state index contributed by atoms with van der Waals surface area (Å²) in [6.45, 7) is 2.79. The van der Waals surface area contributed by atoms with Crippen molar-refractivity contribution in [2.24, 2.45) is 0 Å². The lowest BCUT2D eigenvalue weighted by Gasteiger charge is -2.12. The number of pyridine rings is 1. The standard InChI is InChI=1S/C19H23N3O4/c1-2-26-19(23)8-4-3-7-17-9-10-18(11-13-22(24)25)21(17)15-16-6-5-12-20-14-16/h5-6,9-14H,2-4,7-8,15H2,1H3. The molecule has 0 spiro atoms. The predicted octanol–water partition coefficient (Wildman–Crippen LogP) is 3.45. The zero-order chi connectivity index (χ0) is 18.8. The van der Waals surface area contributed by atoms with E-state index in [9.17, 15) is 14.9 Å². The van der Waals surface area contributed by atoms with Gasteiger partial charge in [-0.3, -0.25) is 19.9 Å². The van der Waals surface area contributed by atoms with E-state index in [1.807, 2.05) is 28.8 Å². The van der Waals surface area contributed by atoms with Gasteiger partial charge < -0.3 is 9.30 Å². The van der Waals surface area contributed by atoms with E-state index in [0.717, 1.165) is 42.4 Å². The van der Waals surface area contributed by atoms with E-state index in [1.54, 1.807) is 19.3 Å². The number of ether oxygens (including phenoxy) is 1. The molecule has 0 amide bonds. The Kier molecular flexibility index (Phi) is 7.54. The van der Waals surface area contributed by atoms with E-state index in [1.165, 1.54) is 6.08 Å². The van der Waals surface area contributed by atoms with E-state index < -0.39 is 4.92 Å². The van der Waals surface area contributed by atoms with Gasteiger partial charge in [0.25, 0.3) is 0 Å². The minimum atomic E-state index is -0.472. The second-order valence-corrected chi connectivity index (χ2v) is 5.81. The molecule has 138 valence electrons. The number of unbranched alkanes of at least 4 members (excludes halogenated alkanes) is 1.